The monoisotopic (exact) mass is 319 g/mol. The minimum Gasteiger partial charge on any atom is -0.374 e. The molecule has 0 radical (unpaired) electrons. The maximum Gasteiger partial charge on any atom is 0.153 e. The van der Waals surface area contributed by atoms with Crippen molar-refractivity contribution in [3.63, 3.8) is 0 Å². The van der Waals surface area contributed by atoms with Gasteiger partial charge < -0.3 is 14.0 Å². The molecule has 0 bridgehead atoms. The predicted molar refractivity (Wildman–Crippen MR) is 95.7 cm³/mol. The summed E-state index contributed by atoms with van der Waals surface area (Å²) < 4.78 is 14.2. The molecule has 0 spiro atoms. The maximum atomic E-state index is 6.23. The van der Waals surface area contributed by atoms with Crippen LogP contribution in [0.1, 0.15) is 18.2 Å². The molecule has 2 atom stereocenters. The second-order valence-electron chi connectivity index (χ2n) is 6.10. The lowest BCUT2D eigenvalue weighted by Crippen LogP contribution is -2.26. The van der Waals surface area contributed by atoms with Crippen LogP contribution >= 0.6 is 0 Å². The van der Waals surface area contributed by atoms with Crippen LogP contribution in [0.3, 0.4) is 0 Å². The van der Waals surface area contributed by atoms with E-state index < -0.39 is 0 Å². The Kier molecular flexibility index (Phi) is 4.45. The van der Waals surface area contributed by atoms with Crippen LogP contribution in [0.25, 0.3) is 10.9 Å². The maximum absolute atomic E-state index is 6.23. The lowest BCUT2D eigenvalue weighted by atomic mass is 10.2. The fourth-order valence-electron chi connectivity index (χ4n) is 3.12. The number of nitrogens with zero attached hydrogens (tertiary/aromatic N) is 1. The highest BCUT2D eigenvalue weighted by atomic mass is 16.5. The Morgan fingerprint density at radius 2 is 1.83 bits per heavy atom. The average molecular weight is 319 g/mol. The second-order valence-corrected chi connectivity index (χ2v) is 6.10. The molecule has 0 fully saturated rings. The summed E-state index contributed by atoms with van der Waals surface area (Å²) in [7, 11) is 0. The lowest BCUT2D eigenvalue weighted by Gasteiger charge is -2.27. The van der Waals surface area contributed by atoms with Crippen LogP contribution in [-0.4, -0.2) is 17.3 Å². The third kappa shape index (κ3) is 3.28. The molecule has 3 aromatic rings. The summed E-state index contributed by atoms with van der Waals surface area (Å²) >= 11 is 0. The fourth-order valence-corrected chi connectivity index (χ4v) is 3.12. The summed E-state index contributed by atoms with van der Waals surface area (Å²) in [6.07, 6.45) is 7.32. The predicted octanol–water partition coefficient (Wildman–Crippen LogP) is 4.70. The molecule has 2 heterocycles. The van der Waals surface area contributed by atoms with Crippen molar-refractivity contribution in [2.45, 2.75) is 25.4 Å². The molecule has 0 aliphatic carbocycles. The first-order valence-corrected chi connectivity index (χ1v) is 8.39. The highest BCUT2D eigenvalue weighted by Gasteiger charge is 2.20. The van der Waals surface area contributed by atoms with Crippen molar-refractivity contribution in [3.05, 3.63) is 84.6 Å². The Balaban J connectivity index is 1.39. The van der Waals surface area contributed by atoms with Crippen LogP contribution in [0.15, 0.2) is 79.0 Å². The summed E-state index contributed by atoms with van der Waals surface area (Å²) in [5, 5.41) is 1.23. The highest BCUT2D eigenvalue weighted by Crippen LogP contribution is 2.26. The van der Waals surface area contributed by atoms with Gasteiger partial charge in [-0.2, -0.15) is 0 Å². The number of benzene rings is 2. The fraction of sp³-hybridized carbons (Fsp3) is 0.238. The van der Waals surface area contributed by atoms with Gasteiger partial charge in [-0.3, -0.25) is 0 Å². The van der Waals surface area contributed by atoms with Gasteiger partial charge in [0.2, 0.25) is 0 Å². The molecule has 1 aliphatic heterocycles. The van der Waals surface area contributed by atoms with E-state index in [1.165, 1.54) is 16.5 Å². The van der Waals surface area contributed by atoms with Crippen molar-refractivity contribution in [2.75, 3.05) is 6.61 Å². The number of aromatic nitrogens is 1. The molecule has 2 aromatic carbocycles. The van der Waals surface area contributed by atoms with E-state index >= 15 is 0 Å². The highest BCUT2D eigenvalue weighted by molar-refractivity contribution is 5.80. The van der Waals surface area contributed by atoms with Gasteiger partial charge in [-0.05, 0) is 35.6 Å². The minimum absolute atomic E-state index is 0.0658. The number of hydrogen-bond donors (Lipinski definition) is 0. The zero-order valence-corrected chi connectivity index (χ0v) is 13.5. The molecule has 1 aliphatic rings. The molecule has 24 heavy (non-hydrogen) atoms. The number of fused-ring (bicyclic) bond motifs is 1. The molecular weight excluding hydrogens is 298 g/mol. The molecule has 122 valence electrons. The molecule has 3 nitrogen and oxygen atoms in total. The molecule has 1 aromatic heterocycles. The van der Waals surface area contributed by atoms with Crippen LogP contribution in [0, 0.1) is 0 Å². The number of rotatable bonds is 5. The van der Waals surface area contributed by atoms with Crippen LogP contribution < -0.4 is 0 Å². The Morgan fingerprint density at radius 3 is 2.75 bits per heavy atom. The molecule has 0 saturated carbocycles. The lowest BCUT2D eigenvalue weighted by molar-refractivity contribution is -0.0734. The summed E-state index contributed by atoms with van der Waals surface area (Å²) in [6.45, 7) is 1.23. The average Bonchev–Trinajstić information content (AvgIpc) is 3.07. The number of ether oxygens (including phenoxy) is 2. The van der Waals surface area contributed by atoms with Gasteiger partial charge in [0.05, 0.1) is 24.8 Å². The van der Waals surface area contributed by atoms with Gasteiger partial charge in [0.25, 0.3) is 0 Å². The van der Waals surface area contributed by atoms with E-state index in [1.807, 2.05) is 18.2 Å². The van der Waals surface area contributed by atoms with Gasteiger partial charge in [-0.15, -0.1) is 0 Å². The van der Waals surface area contributed by atoms with Crippen LogP contribution in [0.2, 0.25) is 0 Å². The van der Waals surface area contributed by atoms with Gasteiger partial charge in [0, 0.05) is 6.20 Å². The molecule has 0 unspecified atom stereocenters. The van der Waals surface area contributed by atoms with E-state index in [2.05, 4.69) is 65.4 Å². The zero-order valence-electron chi connectivity index (χ0n) is 13.5. The zero-order chi connectivity index (χ0) is 16.2. The third-order valence-electron chi connectivity index (χ3n) is 4.35. The Bertz CT molecular complexity index is 822. The summed E-state index contributed by atoms with van der Waals surface area (Å²) in [5.74, 6) is 0. The molecule has 0 amide bonds. The van der Waals surface area contributed by atoms with Crippen molar-refractivity contribution in [1.29, 1.82) is 0 Å². The van der Waals surface area contributed by atoms with E-state index in [9.17, 15) is 0 Å². The van der Waals surface area contributed by atoms with Crippen molar-refractivity contribution < 1.29 is 9.47 Å². The van der Waals surface area contributed by atoms with E-state index in [-0.39, 0.29) is 12.3 Å². The first-order valence-electron chi connectivity index (χ1n) is 8.39. The minimum atomic E-state index is -0.0658. The van der Waals surface area contributed by atoms with Gasteiger partial charge in [0.1, 0.15) is 0 Å². The van der Waals surface area contributed by atoms with Crippen LogP contribution in [-0.2, 0) is 16.1 Å². The smallest absolute Gasteiger partial charge is 0.153 e. The first-order chi connectivity index (χ1) is 11.9. The SMILES string of the molecule is C1=C[C@H](n2ccc3ccccc32)O[C@H](COCc2ccccc2)C1. The quantitative estimate of drug-likeness (QED) is 0.636. The van der Waals surface area contributed by atoms with Gasteiger partial charge in [0.15, 0.2) is 6.23 Å². The van der Waals surface area contributed by atoms with Crippen molar-refractivity contribution >= 4 is 10.9 Å². The first kappa shape index (κ1) is 15.2. The third-order valence-corrected chi connectivity index (χ3v) is 4.35. The molecule has 0 saturated heterocycles. The molecule has 4 rings (SSSR count). The molecule has 0 N–H and O–H groups in total. The van der Waals surface area contributed by atoms with Crippen molar-refractivity contribution in [2.24, 2.45) is 0 Å². The normalized spacial score (nSPS) is 20.5. The van der Waals surface area contributed by atoms with E-state index in [0.29, 0.717) is 13.2 Å². The Hall–Kier alpha value is -2.36. The number of para-hydroxylation sites is 1. The topological polar surface area (TPSA) is 23.4 Å². The van der Waals surface area contributed by atoms with Crippen LogP contribution in [0.5, 0.6) is 0 Å². The van der Waals surface area contributed by atoms with Gasteiger partial charge >= 0.3 is 0 Å². The van der Waals surface area contributed by atoms with E-state index in [4.69, 9.17) is 9.47 Å². The van der Waals surface area contributed by atoms with Crippen molar-refractivity contribution in [3.8, 4) is 0 Å². The molecule has 3 heteroatoms. The van der Waals surface area contributed by atoms with Gasteiger partial charge in [-0.1, -0.05) is 54.6 Å². The van der Waals surface area contributed by atoms with Crippen LogP contribution in [0.4, 0.5) is 0 Å². The Morgan fingerprint density at radius 1 is 1.00 bits per heavy atom. The van der Waals surface area contributed by atoms with Crippen molar-refractivity contribution in [1.82, 2.24) is 4.57 Å². The van der Waals surface area contributed by atoms with E-state index in [0.717, 1.165) is 6.42 Å². The van der Waals surface area contributed by atoms with E-state index in [1.54, 1.807) is 0 Å². The summed E-state index contributed by atoms with van der Waals surface area (Å²) in [6, 6.07) is 20.7. The van der Waals surface area contributed by atoms with Gasteiger partial charge in [-0.25, -0.2) is 0 Å². The standard InChI is InChI=1S/C21H21NO2/c1-2-7-17(8-3-1)15-23-16-19-10-6-12-21(24-19)22-14-13-18-9-4-5-11-20(18)22/h1-9,11-14,19,21H,10,15-16H2/t19-,21+/m0/s1. The molecular formula is C21H21NO2. The Labute approximate surface area is 142 Å². The number of hydrogen-bond acceptors (Lipinski definition) is 2. The summed E-state index contributed by atoms with van der Waals surface area (Å²) in [5.41, 5.74) is 2.38. The second kappa shape index (κ2) is 7.04. The largest absolute Gasteiger partial charge is 0.374 e. The summed E-state index contributed by atoms with van der Waals surface area (Å²) in [4.78, 5) is 0.